The summed E-state index contributed by atoms with van der Waals surface area (Å²) in [5, 5.41) is 9.30. The Balaban J connectivity index is 2.93. The van der Waals surface area contributed by atoms with Gasteiger partial charge in [0.1, 0.15) is 11.6 Å². The molecule has 0 aliphatic rings. The van der Waals surface area contributed by atoms with Crippen LogP contribution in [-0.2, 0) is 0 Å². The molecule has 0 radical (unpaired) electrons. The minimum atomic E-state index is -0.322. The van der Waals surface area contributed by atoms with Gasteiger partial charge in [-0.25, -0.2) is 4.39 Å². The van der Waals surface area contributed by atoms with Crippen LogP contribution in [0.3, 0.4) is 0 Å². The fourth-order valence-corrected chi connectivity index (χ4v) is 2.40. The molecular weight excluding hydrogens is 241 g/mol. The number of hydrogen-bond acceptors (Lipinski definition) is 2. The third-order valence-corrected chi connectivity index (χ3v) is 3.86. The van der Waals surface area contributed by atoms with E-state index in [1.54, 1.807) is 12.1 Å². The maximum atomic E-state index is 14.0. The van der Waals surface area contributed by atoms with Crippen LogP contribution < -0.4 is 0 Å². The predicted molar refractivity (Wildman–Crippen MR) is 77.8 cm³/mol. The fraction of sp³-hybridized carbons (Fsp3) is 0.625. The van der Waals surface area contributed by atoms with Crippen LogP contribution in [0.5, 0.6) is 5.75 Å². The number of rotatable bonds is 7. The molecule has 1 N–H and O–H groups in total. The highest BCUT2D eigenvalue weighted by Gasteiger charge is 2.22. The van der Waals surface area contributed by atoms with Crippen molar-refractivity contribution in [2.75, 3.05) is 6.54 Å². The smallest absolute Gasteiger partial charge is 0.131 e. The summed E-state index contributed by atoms with van der Waals surface area (Å²) >= 11 is 0. The largest absolute Gasteiger partial charge is 0.508 e. The molecule has 0 amide bonds. The molecule has 0 aliphatic heterocycles. The summed E-state index contributed by atoms with van der Waals surface area (Å²) in [4.78, 5) is 2.35. The van der Waals surface area contributed by atoms with E-state index in [0.717, 1.165) is 25.8 Å². The Morgan fingerprint density at radius 2 is 1.95 bits per heavy atom. The van der Waals surface area contributed by atoms with Crippen molar-refractivity contribution in [3.05, 3.63) is 29.6 Å². The second kappa shape index (κ2) is 7.49. The van der Waals surface area contributed by atoms with Crippen molar-refractivity contribution in [2.45, 2.75) is 59.0 Å². The number of halogens is 1. The standard InChI is InChI=1S/C16H26FNO/c1-5-7-10-18(12(3)6-2)13(4)15-9-8-14(19)11-16(15)17/h8-9,11-13,19H,5-7,10H2,1-4H3. The number of aromatic hydroxyl groups is 1. The van der Waals surface area contributed by atoms with Crippen molar-refractivity contribution < 1.29 is 9.50 Å². The van der Waals surface area contributed by atoms with Gasteiger partial charge in [0.25, 0.3) is 0 Å². The molecule has 2 nitrogen and oxygen atoms in total. The lowest BCUT2D eigenvalue weighted by Crippen LogP contribution is -2.36. The molecule has 3 heteroatoms. The average molecular weight is 267 g/mol. The highest BCUT2D eigenvalue weighted by atomic mass is 19.1. The van der Waals surface area contributed by atoms with Crippen molar-refractivity contribution in [1.82, 2.24) is 4.90 Å². The van der Waals surface area contributed by atoms with Gasteiger partial charge in [0.2, 0.25) is 0 Å². The molecule has 0 aliphatic carbocycles. The molecule has 19 heavy (non-hydrogen) atoms. The van der Waals surface area contributed by atoms with Crippen molar-refractivity contribution in [3.8, 4) is 5.75 Å². The lowest BCUT2D eigenvalue weighted by atomic mass is 10.0. The fourth-order valence-electron chi connectivity index (χ4n) is 2.40. The Morgan fingerprint density at radius 1 is 1.26 bits per heavy atom. The first kappa shape index (κ1) is 16.0. The van der Waals surface area contributed by atoms with E-state index in [2.05, 4.69) is 25.7 Å². The number of phenols is 1. The predicted octanol–water partition coefficient (Wildman–Crippen LogP) is 4.49. The second-order valence-electron chi connectivity index (χ2n) is 5.23. The second-order valence-corrected chi connectivity index (χ2v) is 5.23. The lowest BCUT2D eigenvalue weighted by Gasteiger charge is -2.34. The summed E-state index contributed by atoms with van der Waals surface area (Å²) in [6, 6.07) is 4.90. The highest BCUT2D eigenvalue weighted by Crippen LogP contribution is 2.28. The first-order valence-corrected chi connectivity index (χ1v) is 7.25. The Hall–Kier alpha value is -1.09. The Bertz CT molecular complexity index is 394. The summed E-state index contributed by atoms with van der Waals surface area (Å²) in [7, 11) is 0. The van der Waals surface area contributed by atoms with Crippen LogP contribution in [0.2, 0.25) is 0 Å². The maximum Gasteiger partial charge on any atom is 0.131 e. The van der Waals surface area contributed by atoms with Gasteiger partial charge in [-0.3, -0.25) is 4.90 Å². The maximum absolute atomic E-state index is 14.0. The summed E-state index contributed by atoms with van der Waals surface area (Å²) in [5.74, 6) is -0.339. The molecule has 0 heterocycles. The van der Waals surface area contributed by atoms with Gasteiger partial charge in [-0.1, -0.05) is 26.3 Å². The van der Waals surface area contributed by atoms with E-state index in [-0.39, 0.29) is 17.6 Å². The monoisotopic (exact) mass is 267 g/mol. The van der Waals surface area contributed by atoms with Gasteiger partial charge in [0.15, 0.2) is 0 Å². The van der Waals surface area contributed by atoms with Crippen LogP contribution in [0.4, 0.5) is 4.39 Å². The van der Waals surface area contributed by atoms with Gasteiger partial charge in [0, 0.05) is 23.7 Å². The van der Waals surface area contributed by atoms with Crippen molar-refractivity contribution >= 4 is 0 Å². The third kappa shape index (κ3) is 4.20. The molecule has 1 aromatic carbocycles. The van der Waals surface area contributed by atoms with Crippen LogP contribution in [0.25, 0.3) is 0 Å². The van der Waals surface area contributed by atoms with Gasteiger partial charge in [-0.15, -0.1) is 0 Å². The van der Waals surface area contributed by atoms with Crippen molar-refractivity contribution in [1.29, 1.82) is 0 Å². The van der Waals surface area contributed by atoms with Crippen molar-refractivity contribution in [3.63, 3.8) is 0 Å². The molecule has 0 bridgehead atoms. The van der Waals surface area contributed by atoms with E-state index in [1.165, 1.54) is 6.07 Å². The topological polar surface area (TPSA) is 23.5 Å². The average Bonchev–Trinajstić information content (AvgIpc) is 2.38. The molecule has 1 rings (SSSR count). The van der Waals surface area contributed by atoms with Crippen molar-refractivity contribution in [2.24, 2.45) is 0 Å². The molecule has 2 atom stereocenters. The van der Waals surface area contributed by atoms with E-state index in [9.17, 15) is 9.50 Å². The minimum absolute atomic E-state index is 0.0166. The quantitative estimate of drug-likeness (QED) is 0.786. The third-order valence-electron chi connectivity index (χ3n) is 3.86. The van der Waals surface area contributed by atoms with Crippen LogP contribution >= 0.6 is 0 Å². The SMILES string of the molecule is CCCCN(C(C)CC)C(C)c1ccc(O)cc1F. The number of nitrogens with zero attached hydrogens (tertiary/aromatic N) is 1. The number of unbranched alkanes of at least 4 members (excludes halogenated alkanes) is 1. The van der Waals surface area contributed by atoms with E-state index in [4.69, 9.17) is 0 Å². The molecule has 2 unspecified atom stereocenters. The van der Waals surface area contributed by atoms with E-state index in [0.29, 0.717) is 11.6 Å². The van der Waals surface area contributed by atoms with Crippen LogP contribution in [0, 0.1) is 5.82 Å². The van der Waals surface area contributed by atoms with Gasteiger partial charge in [-0.2, -0.15) is 0 Å². The van der Waals surface area contributed by atoms with Gasteiger partial charge in [-0.05, 0) is 39.3 Å². The minimum Gasteiger partial charge on any atom is -0.508 e. The summed E-state index contributed by atoms with van der Waals surface area (Å²) in [6.45, 7) is 9.53. The van der Waals surface area contributed by atoms with Gasteiger partial charge >= 0.3 is 0 Å². The Kier molecular flexibility index (Phi) is 6.29. The molecule has 0 spiro atoms. The zero-order valence-electron chi connectivity index (χ0n) is 12.5. The van der Waals surface area contributed by atoms with E-state index >= 15 is 0 Å². The Labute approximate surface area is 116 Å². The molecule has 0 saturated carbocycles. The number of phenolic OH excluding ortho intramolecular Hbond substituents is 1. The number of benzene rings is 1. The van der Waals surface area contributed by atoms with Crippen LogP contribution in [0.1, 0.15) is 58.6 Å². The van der Waals surface area contributed by atoms with Crippen LogP contribution in [0.15, 0.2) is 18.2 Å². The Morgan fingerprint density at radius 3 is 2.47 bits per heavy atom. The number of hydrogen-bond donors (Lipinski definition) is 1. The first-order valence-electron chi connectivity index (χ1n) is 7.25. The summed E-state index contributed by atoms with van der Waals surface area (Å²) in [6.07, 6.45) is 3.31. The zero-order chi connectivity index (χ0) is 14.4. The molecule has 108 valence electrons. The lowest BCUT2D eigenvalue weighted by molar-refractivity contribution is 0.145. The molecule has 0 aromatic heterocycles. The van der Waals surface area contributed by atoms with Gasteiger partial charge in [0.05, 0.1) is 0 Å². The normalized spacial score (nSPS) is 14.6. The summed E-state index contributed by atoms with van der Waals surface area (Å²) < 4.78 is 14.0. The van der Waals surface area contributed by atoms with E-state index < -0.39 is 0 Å². The summed E-state index contributed by atoms with van der Waals surface area (Å²) in [5.41, 5.74) is 0.661. The molecular formula is C16H26FNO. The zero-order valence-corrected chi connectivity index (χ0v) is 12.5. The van der Waals surface area contributed by atoms with Gasteiger partial charge < -0.3 is 5.11 Å². The van der Waals surface area contributed by atoms with E-state index in [1.807, 2.05) is 6.92 Å². The molecule has 1 aromatic rings. The molecule has 0 fully saturated rings. The highest BCUT2D eigenvalue weighted by molar-refractivity contribution is 5.29. The molecule has 0 saturated heterocycles. The van der Waals surface area contributed by atoms with Crippen LogP contribution in [-0.4, -0.2) is 22.6 Å². The first-order chi connectivity index (χ1) is 9.01.